The minimum absolute atomic E-state index is 0.0101. The third kappa shape index (κ3) is 9.33. The van der Waals surface area contributed by atoms with Gasteiger partial charge in [0, 0.05) is 26.1 Å². The van der Waals surface area contributed by atoms with Gasteiger partial charge in [-0.1, -0.05) is 74.6 Å². The van der Waals surface area contributed by atoms with E-state index in [0.717, 1.165) is 63.4 Å². The number of nitrogens with zero attached hydrogens (tertiary/aromatic N) is 1. The summed E-state index contributed by atoms with van der Waals surface area (Å²) in [6.07, 6.45) is 8.46. The summed E-state index contributed by atoms with van der Waals surface area (Å²) in [5, 5.41) is 8.73. The molecule has 4 rings (SSSR count). The van der Waals surface area contributed by atoms with Crippen LogP contribution in [0.15, 0.2) is 54.6 Å². The van der Waals surface area contributed by atoms with Crippen molar-refractivity contribution in [2.45, 2.75) is 88.8 Å². The number of hydrogen-bond donors (Lipinski definition) is 3. The molecule has 2 aromatic carbocycles. The second-order valence-electron chi connectivity index (χ2n) is 11.4. The number of hydrogen-bond acceptors (Lipinski definition) is 5. The molecule has 0 saturated heterocycles. The van der Waals surface area contributed by atoms with Gasteiger partial charge in [0.05, 0.1) is 18.6 Å². The molecule has 0 aromatic heterocycles. The molecule has 1 aliphatic heterocycles. The number of benzene rings is 2. The quantitative estimate of drug-likeness (QED) is 0.513. The Bertz CT molecular complexity index is 1200. The molecule has 1 fully saturated rings. The van der Waals surface area contributed by atoms with Crippen LogP contribution in [0.2, 0.25) is 0 Å². The summed E-state index contributed by atoms with van der Waals surface area (Å²) in [7, 11) is 1.76. The summed E-state index contributed by atoms with van der Waals surface area (Å²) < 4.78 is 5.95. The van der Waals surface area contributed by atoms with Gasteiger partial charge in [-0.15, -0.1) is 0 Å². The molecular formula is C33H44N4O5. The van der Waals surface area contributed by atoms with Crippen LogP contribution in [0.3, 0.4) is 0 Å². The molecule has 0 unspecified atom stereocenters. The van der Waals surface area contributed by atoms with Crippen LogP contribution in [0.5, 0.6) is 5.75 Å². The maximum Gasteiger partial charge on any atom is 0.255 e. The Morgan fingerprint density at radius 1 is 0.881 bits per heavy atom. The van der Waals surface area contributed by atoms with E-state index in [1.54, 1.807) is 36.2 Å². The Morgan fingerprint density at radius 3 is 2.36 bits per heavy atom. The maximum absolute atomic E-state index is 13.5. The first kappa shape index (κ1) is 31.1. The van der Waals surface area contributed by atoms with Crippen LogP contribution in [-0.4, -0.2) is 66.9 Å². The first-order valence-electron chi connectivity index (χ1n) is 15.3. The second kappa shape index (κ2) is 15.9. The highest BCUT2D eigenvalue weighted by molar-refractivity contribution is 6.01. The van der Waals surface area contributed by atoms with Crippen LogP contribution in [0.1, 0.15) is 80.1 Å². The molecule has 2 aromatic rings. The number of fused-ring (bicyclic) bond motifs is 1. The monoisotopic (exact) mass is 576 g/mol. The predicted molar refractivity (Wildman–Crippen MR) is 161 cm³/mol. The van der Waals surface area contributed by atoms with Crippen molar-refractivity contribution in [3.8, 4) is 5.75 Å². The predicted octanol–water partition coefficient (Wildman–Crippen LogP) is 3.76. The molecule has 9 heteroatoms. The number of nitrogens with one attached hydrogen (secondary N) is 3. The van der Waals surface area contributed by atoms with Gasteiger partial charge in [0.1, 0.15) is 17.8 Å². The van der Waals surface area contributed by atoms with E-state index in [1.807, 2.05) is 30.3 Å². The number of ether oxygens (including phenoxy) is 1. The van der Waals surface area contributed by atoms with Gasteiger partial charge in [0.25, 0.3) is 5.91 Å². The van der Waals surface area contributed by atoms with Gasteiger partial charge < -0.3 is 25.6 Å². The van der Waals surface area contributed by atoms with E-state index in [4.69, 9.17) is 4.74 Å². The van der Waals surface area contributed by atoms with Crippen molar-refractivity contribution in [1.29, 1.82) is 0 Å². The van der Waals surface area contributed by atoms with E-state index >= 15 is 0 Å². The van der Waals surface area contributed by atoms with E-state index in [0.29, 0.717) is 30.9 Å². The van der Waals surface area contributed by atoms with Crippen LogP contribution in [0.4, 0.5) is 0 Å². The first-order chi connectivity index (χ1) is 20.4. The topological polar surface area (TPSA) is 117 Å². The fourth-order valence-corrected chi connectivity index (χ4v) is 5.63. The van der Waals surface area contributed by atoms with Gasteiger partial charge >= 0.3 is 0 Å². The Hall–Kier alpha value is -3.88. The maximum atomic E-state index is 13.5. The molecule has 226 valence electrons. The zero-order valence-corrected chi connectivity index (χ0v) is 24.6. The van der Waals surface area contributed by atoms with Gasteiger partial charge in [-0.05, 0) is 43.4 Å². The van der Waals surface area contributed by atoms with Crippen molar-refractivity contribution < 1.29 is 23.9 Å². The van der Waals surface area contributed by atoms with Crippen molar-refractivity contribution in [3.05, 3.63) is 65.7 Å². The summed E-state index contributed by atoms with van der Waals surface area (Å²) in [5.41, 5.74) is 1.23. The lowest BCUT2D eigenvalue weighted by Crippen LogP contribution is -2.54. The van der Waals surface area contributed by atoms with Crippen molar-refractivity contribution in [2.24, 2.45) is 0 Å². The van der Waals surface area contributed by atoms with Gasteiger partial charge in [-0.2, -0.15) is 0 Å². The minimum atomic E-state index is -1.11. The van der Waals surface area contributed by atoms with Crippen LogP contribution in [0.25, 0.3) is 0 Å². The van der Waals surface area contributed by atoms with E-state index in [2.05, 4.69) is 16.0 Å². The van der Waals surface area contributed by atoms with E-state index in [1.165, 1.54) is 0 Å². The van der Waals surface area contributed by atoms with Gasteiger partial charge in [0.15, 0.2) is 0 Å². The Balaban J connectivity index is 1.58. The fraction of sp³-hybridized carbons (Fsp3) is 0.515. The summed E-state index contributed by atoms with van der Waals surface area (Å²) in [6.45, 7) is 1.03. The summed E-state index contributed by atoms with van der Waals surface area (Å²) in [4.78, 5) is 55.5. The molecule has 2 aliphatic rings. The lowest BCUT2D eigenvalue weighted by atomic mass is 9.95. The van der Waals surface area contributed by atoms with E-state index in [9.17, 15) is 19.2 Å². The van der Waals surface area contributed by atoms with E-state index in [-0.39, 0.29) is 18.4 Å². The zero-order valence-electron chi connectivity index (χ0n) is 24.6. The van der Waals surface area contributed by atoms with Crippen molar-refractivity contribution >= 4 is 23.6 Å². The number of para-hydroxylation sites is 1. The van der Waals surface area contributed by atoms with Gasteiger partial charge in [-0.25, -0.2) is 0 Å². The van der Waals surface area contributed by atoms with Crippen LogP contribution in [-0.2, 0) is 20.8 Å². The molecule has 42 heavy (non-hydrogen) atoms. The smallest absolute Gasteiger partial charge is 0.255 e. The highest BCUT2D eigenvalue weighted by atomic mass is 16.5. The normalized spacial score (nSPS) is 22.0. The number of rotatable bonds is 4. The molecule has 3 N–H and O–H groups in total. The fourth-order valence-electron chi connectivity index (χ4n) is 5.63. The number of amides is 4. The number of likely N-dealkylation sites (N-methyl/N-ethyl adjacent to an activating group) is 1. The highest BCUT2D eigenvalue weighted by Gasteiger charge is 2.30. The third-order valence-corrected chi connectivity index (χ3v) is 8.03. The second-order valence-corrected chi connectivity index (χ2v) is 11.4. The molecule has 1 saturated carbocycles. The lowest BCUT2D eigenvalue weighted by molar-refractivity contribution is -0.136. The molecule has 1 heterocycles. The average Bonchev–Trinajstić information content (AvgIpc) is 3.00. The summed E-state index contributed by atoms with van der Waals surface area (Å²) in [6, 6.07) is 14.6. The summed E-state index contributed by atoms with van der Waals surface area (Å²) >= 11 is 0. The standard InChI is InChI=1S/C33H44N4O5/c1-37-20-12-2-3-13-21-42-29-19-11-10-18-26(29)31(39)36-27(32(40)34-25-16-8-5-9-17-25)23-30(38)35-28(33(37)41)22-24-14-6-4-7-15-24/h4,6-7,10-11,14-15,18-19,25,27-28H,2-3,5,8-9,12-13,16-17,20-23H2,1H3,(H,34,40)(H,35,38)(H,36,39)/t27-,28-/m0/s1. The molecule has 4 amide bonds. The lowest BCUT2D eigenvalue weighted by Gasteiger charge is -2.27. The summed E-state index contributed by atoms with van der Waals surface area (Å²) in [5.74, 6) is -1.10. The third-order valence-electron chi connectivity index (χ3n) is 8.03. The highest BCUT2D eigenvalue weighted by Crippen LogP contribution is 2.20. The SMILES string of the molecule is CN1CCCCCCOc2ccccc2C(=O)N[C@H](C(=O)NC2CCCCC2)CC(=O)N[C@@H](Cc2ccccc2)C1=O. The molecular weight excluding hydrogens is 532 g/mol. The zero-order chi connectivity index (χ0) is 29.7. The minimum Gasteiger partial charge on any atom is -0.493 e. The van der Waals surface area contributed by atoms with Crippen molar-refractivity contribution in [3.63, 3.8) is 0 Å². The Kier molecular flexibility index (Phi) is 11.8. The van der Waals surface area contributed by atoms with Crippen molar-refractivity contribution in [1.82, 2.24) is 20.9 Å². The number of carbonyl (C=O) groups excluding carboxylic acids is 4. The first-order valence-corrected chi connectivity index (χ1v) is 15.3. The Morgan fingerprint density at radius 2 is 1.57 bits per heavy atom. The Labute approximate surface area is 248 Å². The molecule has 0 radical (unpaired) electrons. The molecule has 0 bridgehead atoms. The molecule has 1 aliphatic carbocycles. The van der Waals surface area contributed by atoms with Gasteiger partial charge in [-0.3, -0.25) is 19.2 Å². The number of carbonyl (C=O) groups is 4. The molecule has 9 nitrogen and oxygen atoms in total. The van der Waals surface area contributed by atoms with E-state index < -0.39 is 29.8 Å². The molecule has 0 spiro atoms. The van der Waals surface area contributed by atoms with Crippen molar-refractivity contribution in [2.75, 3.05) is 20.2 Å². The largest absolute Gasteiger partial charge is 0.493 e. The van der Waals surface area contributed by atoms with Crippen LogP contribution in [0, 0.1) is 0 Å². The molecule has 2 atom stereocenters. The van der Waals surface area contributed by atoms with Crippen LogP contribution >= 0.6 is 0 Å². The average molecular weight is 577 g/mol. The van der Waals surface area contributed by atoms with Gasteiger partial charge in [0.2, 0.25) is 17.7 Å². The van der Waals surface area contributed by atoms with Crippen LogP contribution < -0.4 is 20.7 Å².